The lowest BCUT2D eigenvalue weighted by atomic mass is 9.90. The SMILES string of the molecule is CC(C)[C@@H]1O[C@H](O[Si](C)(C)C(C)(C)C)c2ccccc2[C@@H]1O[Si](C)(C)C(C)(C)C. The highest BCUT2D eigenvalue weighted by molar-refractivity contribution is 6.74. The molecule has 29 heavy (non-hydrogen) atoms. The molecule has 0 spiro atoms. The monoisotopic (exact) mass is 436 g/mol. The van der Waals surface area contributed by atoms with Crippen LogP contribution in [0.15, 0.2) is 24.3 Å². The van der Waals surface area contributed by atoms with Crippen LogP contribution in [0.25, 0.3) is 0 Å². The minimum Gasteiger partial charge on any atom is -0.407 e. The van der Waals surface area contributed by atoms with Crippen molar-refractivity contribution in [2.75, 3.05) is 0 Å². The third kappa shape index (κ3) is 5.24. The normalized spacial score (nSPS) is 24.0. The Labute approximate surface area is 181 Å². The van der Waals surface area contributed by atoms with Crippen LogP contribution in [0.1, 0.15) is 78.9 Å². The van der Waals surface area contributed by atoms with Gasteiger partial charge in [0.2, 0.25) is 0 Å². The van der Waals surface area contributed by atoms with E-state index in [0.717, 1.165) is 5.56 Å². The first-order valence-electron chi connectivity index (χ1n) is 11.1. The van der Waals surface area contributed by atoms with E-state index < -0.39 is 16.6 Å². The van der Waals surface area contributed by atoms with E-state index in [1.54, 1.807) is 0 Å². The molecule has 5 heteroatoms. The Morgan fingerprint density at radius 1 is 0.793 bits per heavy atom. The molecule has 2 rings (SSSR count). The van der Waals surface area contributed by atoms with E-state index in [-0.39, 0.29) is 28.6 Å². The van der Waals surface area contributed by atoms with Gasteiger partial charge in [-0.1, -0.05) is 79.7 Å². The Hall–Kier alpha value is -0.466. The van der Waals surface area contributed by atoms with Gasteiger partial charge in [-0.05, 0) is 47.7 Å². The summed E-state index contributed by atoms with van der Waals surface area (Å²) in [4.78, 5) is 0. The predicted molar refractivity (Wildman–Crippen MR) is 128 cm³/mol. The lowest BCUT2D eigenvalue weighted by Crippen LogP contribution is -2.49. The van der Waals surface area contributed by atoms with E-state index in [2.05, 4.69) is 106 Å². The second-order valence-corrected chi connectivity index (χ2v) is 21.5. The van der Waals surface area contributed by atoms with E-state index in [1.807, 2.05) is 0 Å². The van der Waals surface area contributed by atoms with Gasteiger partial charge in [0.25, 0.3) is 0 Å². The Morgan fingerprint density at radius 2 is 1.24 bits per heavy atom. The van der Waals surface area contributed by atoms with Gasteiger partial charge >= 0.3 is 0 Å². The van der Waals surface area contributed by atoms with Gasteiger partial charge in [0.05, 0.1) is 12.2 Å². The zero-order chi connectivity index (χ0) is 22.4. The molecule has 0 bridgehead atoms. The molecule has 1 aliphatic rings. The van der Waals surface area contributed by atoms with E-state index in [1.165, 1.54) is 5.56 Å². The highest BCUT2D eigenvalue weighted by Crippen LogP contribution is 2.49. The largest absolute Gasteiger partial charge is 0.407 e. The molecule has 1 aliphatic heterocycles. The molecule has 0 fully saturated rings. The highest BCUT2D eigenvalue weighted by Gasteiger charge is 2.47. The van der Waals surface area contributed by atoms with Gasteiger partial charge in [0.1, 0.15) is 0 Å². The van der Waals surface area contributed by atoms with Crippen molar-refractivity contribution < 1.29 is 13.6 Å². The Morgan fingerprint density at radius 3 is 1.69 bits per heavy atom. The molecule has 0 unspecified atom stereocenters. The minimum atomic E-state index is -1.98. The number of hydrogen-bond acceptors (Lipinski definition) is 3. The summed E-state index contributed by atoms with van der Waals surface area (Å²) in [5, 5.41) is 0.283. The van der Waals surface area contributed by atoms with Crippen LogP contribution in [0, 0.1) is 5.92 Å². The van der Waals surface area contributed by atoms with Crippen LogP contribution in [0.3, 0.4) is 0 Å². The van der Waals surface area contributed by atoms with Gasteiger partial charge in [-0.3, -0.25) is 0 Å². The van der Waals surface area contributed by atoms with Crippen LogP contribution >= 0.6 is 0 Å². The fourth-order valence-corrected chi connectivity index (χ4v) is 5.44. The molecule has 166 valence electrons. The van der Waals surface area contributed by atoms with E-state index in [0.29, 0.717) is 5.92 Å². The smallest absolute Gasteiger partial charge is 0.195 e. The molecule has 0 saturated heterocycles. The van der Waals surface area contributed by atoms with Gasteiger partial charge in [-0.2, -0.15) is 0 Å². The topological polar surface area (TPSA) is 27.7 Å². The van der Waals surface area contributed by atoms with Crippen molar-refractivity contribution in [1.29, 1.82) is 0 Å². The van der Waals surface area contributed by atoms with Crippen LogP contribution in [-0.2, 0) is 13.6 Å². The Kier molecular flexibility index (Phi) is 7.04. The van der Waals surface area contributed by atoms with Crippen LogP contribution < -0.4 is 0 Å². The lowest BCUT2D eigenvalue weighted by Gasteiger charge is -2.48. The van der Waals surface area contributed by atoms with Gasteiger partial charge in [-0.25, -0.2) is 0 Å². The van der Waals surface area contributed by atoms with Crippen molar-refractivity contribution in [1.82, 2.24) is 0 Å². The van der Waals surface area contributed by atoms with Crippen molar-refractivity contribution in [3.8, 4) is 0 Å². The number of rotatable bonds is 5. The first-order chi connectivity index (χ1) is 13.0. The zero-order valence-electron chi connectivity index (χ0n) is 20.8. The van der Waals surface area contributed by atoms with Crippen LogP contribution in [0.5, 0.6) is 0 Å². The first-order valence-corrected chi connectivity index (χ1v) is 16.9. The molecule has 1 aromatic carbocycles. The molecular formula is C24H44O3Si2. The van der Waals surface area contributed by atoms with E-state index in [9.17, 15) is 0 Å². The number of benzene rings is 1. The number of hydrogen-bond donors (Lipinski definition) is 0. The van der Waals surface area contributed by atoms with Crippen molar-refractivity contribution in [3.05, 3.63) is 35.4 Å². The predicted octanol–water partition coefficient (Wildman–Crippen LogP) is 7.82. The Bertz CT molecular complexity index is 699. The van der Waals surface area contributed by atoms with Gasteiger partial charge < -0.3 is 13.6 Å². The summed E-state index contributed by atoms with van der Waals surface area (Å²) < 4.78 is 20.4. The summed E-state index contributed by atoms with van der Waals surface area (Å²) >= 11 is 0. The maximum atomic E-state index is 6.96. The molecule has 1 heterocycles. The van der Waals surface area contributed by atoms with Crippen LogP contribution in [-0.4, -0.2) is 22.7 Å². The quantitative estimate of drug-likeness (QED) is 0.440. The summed E-state index contributed by atoms with van der Waals surface area (Å²) in [6.45, 7) is 27.4. The van der Waals surface area contributed by atoms with Gasteiger partial charge in [-0.15, -0.1) is 0 Å². The fraction of sp³-hybridized carbons (Fsp3) is 0.750. The average Bonchev–Trinajstić information content (AvgIpc) is 2.54. The summed E-state index contributed by atoms with van der Waals surface area (Å²) in [5.41, 5.74) is 2.38. The maximum absolute atomic E-state index is 6.96. The van der Waals surface area contributed by atoms with Crippen molar-refractivity contribution in [2.24, 2.45) is 5.92 Å². The van der Waals surface area contributed by atoms with E-state index in [4.69, 9.17) is 13.6 Å². The molecule has 1 aromatic rings. The van der Waals surface area contributed by atoms with Gasteiger partial charge in [0, 0.05) is 5.56 Å². The summed E-state index contributed by atoms with van der Waals surface area (Å²) in [6, 6.07) is 8.58. The zero-order valence-corrected chi connectivity index (χ0v) is 22.8. The third-order valence-corrected chi connectivity index (χ3v) is 16.1. The van der Waals surface area contributed by atoms with Crippen LogP contribution in [0.4, 0.5) is 0 Å². The molecule has 0 aliphatic carbocycles. The highest BCUT2D eigenvalue weighted by atomic mass is 28.4. The summed E-state index contributed by atoms with van der Waals surface area (Å²) in [6.07, 6.45) is -0.390. The number of fused-ring (bicyclic) bond motifs is 1. The molecule has 0 radical (unpaired) electrons. The molecular weight excluding hydrogens is 392 g/mol. The van der Waals surface area contributed by atoms with Crippen molar-refractivity contribution in [3.63, 3.8) is 0 Å². The second kappa shape index (κ2) is 8.23. The minimum absolute atomic E-state index is 0.0196. The van der Waals surface area contributed by atoms with E-state index >= 15 is 0 Å². The molecule has 0 saturated carbocycles. The maximum Gasteiger partial charge on any atom is 0.195 e. The van der Waals surface area contributed by atoms with Gasteiger partial charge in [0.15, 0.2) is 22.9 Å². The molecule has 0 aromatic heterocycles. The van der Waals surface area contributed by atoms with Crippen molar-refractivity contribution in [2.45, 2.75) is 110 Å². The standard InChI is InChI=1S/C24H44O3Si2/c1-17(2)20-21(26-28(9,10)23(3,4)5)18-15-13-14-16-19(18)22(25-20)27-29(11,12)24(6,7)8/h13-17,20-22H,1-12H3/t20-,21-,22+/m0/s1. The van der Waals surface area contributed by atoms with Crippen molar-refractivity contribution >= 4 is 16.6 Å². The summed E-state index contributed by atoms with van der Waals surface area (Å²) in [5.74, 6) is 0.337. The second-order valence-electron chi connectivity index (χ2n) is 12.0. The molecule has 0 N–H and O–H groups in total. The molecule has 3 atom stereocenters. The molecule has 3 nitrogen and oxygen atoms in total. The molecule has 0 amide bonds. The Balaban J connectivity index is 2.49. The first kappa shape index (κ1) is 24.8. The fourth-order valence-electron chi connectivity index (χ4n) is 3.12. The summed E-state index contributed by atoms with van der Waals surface area (Å²) in [7, 11) is -3.94. The average molecular weight is 437 g/mol. The number of ether oxygens (including phenoxy) is 1. The lowest BCUT2D eigenvalue weighted by molar-refractivity contribution is -0.187. The van der Waals surface area contributed by atoms with Crippen LogP contribution in [0.2, 0.25) is 36.3 Å². The third-order valence-electron chi connectivity index (χ3n) is 7.23.